The molecule has 3 aromatic carbocycles. The molecule has 0 saturated heterocycles. The highest BCUT2D eigenvalue weighted by molar-refractivity contribution is 7.98. The summed E-state index contributed by atoms with van der Waals surface area (Å²) in [6.45, 7) is 4.01. The second-order valence-electron chi connectivity index (χ2n) is 7.10. The Hall–Kier alpha value is -3.45. The molecule has 7 heteroatoms. The summed E-state index contributed by atoms with van der Waals surface area (Å²) in [5.74, 6) is 0.857. The zero-order chi connectivity index (χ0) is 21.8. The van der Waals surface area contributed by atoms with Crippen molar-refractivity contribution < 1.29 is 9.18 Å². The van der Waals surface area contributed by atoms with Gasteiger partial charge in [0.1, 0.15) is 11.6 Å². The maximum atomic E-state index is 13.3. The summed E-state index contributed by atoms with van der Waals surface area (Å²) in [5.41, 5.74) is 4.22. The van der Waals surface area contributed by atoms with E-state index in [1.165, 1.54) is 12.1 Å². The van der Waals surface area contributed by atoms with Crippen molar-refractivity contribution in [3.63, 3.8) is 0 Å². The van der Waals surface area contributed by atoms with Gasteiger partial charge in [-0.05, 0) is 61.4 Å². The quantitative estimate of drug-likeness (QED) is 0.405. The van der Waals surface area contributed by atoms with E-state index in [2.05, 4.69) is 39.1 Å². The molecule has 0 aliphatic heterocycles. The first-order valence-corrected chi connectivity index (χ1v) is 10.8. The summed E-state index contributed by atoms with van der Waals surface area (Å²) in [6.07, 6.45) is 0. The lowest BCUT2D eigenvalue weighted by atomic mass is 10.1. The van der Waals surface area contributed by atoms with Gasteiger partial charge in [0.05, 0.1) is 5.69 Å². The van der Waals surface area contributed by atoms with Crippen LogP contribution in [0.25, 0.3) is 5.69 Å². The predicted octanol–water partition coefficient (Wildman–Crippen LogP) is 5.57. The number of carbonyl (C=O) groups is 1. The fourth-order valence-corrected chi connectivity index (χ4v) is 4.14. The molecule has 4 aromatic rings. The van der Waals surface area contributed by atoms with E-state index in [0.717, 1.165) is 27.8 Å². The summed E-state index contributed by atoms with van der Waals surface area (Å²) in [6, 6.07) is 21.3. The first kappa shape index (κ1) is 20.8. The number of benzene rings is 3. The average Bonchev–Trinajstić information content (AvgIpc) is 3.13. The van der Waals surface area contributed by atoms with Gasteiger partial charge < -0.3 is 5.32 Å². The minimum Gasteiger partial charge on any atom is -0.322 e. The third-order valence-corrected chi connectivity index (χ3v) is 5.82. The summed E-state index contributed by atoms with van der Waals surface area (Å²) >= 11 is 1.59. The molecule has 0 spiro atoms. The first-order valence-electron chi connectivity index (χ1n) is 9.78. The predicted molar refractivity (Wildman–Crippen MR) is 121 cm³/mol. The number of thioether (sulfide) groups is 1. The topological polar surface area (TPSA) is 59.8 Å². The second kappa shape index (κ2) is 9.14. The Labute approximate surface area is 184 Å². The van der Waals surface area contributed by atoms with Crippen LogP contribution < -0.4 is 5.32 Å². The number of nitrogens with zero attached hydrogens (tertiary/aromatic N) is 3. The number of halogens is 1. The standard InChI is InChI=1S/C24H21FN4OS/c1-16-6-3-4-9-22(16)29-17(2)27-28-24(29)31-15-18-10-12-19(13-11-18)23(30)26-21-8-5-7-20(25)14-21/h3-14H,15H2,1-2H3,(H,26,30). The van der Waals surface area contributed by atoms with E-state index in [4.69, 9.17) is 0 Å². The number of hydrogen-bond acceptors (Lipinski definition) is 4. The van der Waals surface area contributed by atoms with Crippen molar-refractivity contribution in [2.75, 3.05) is 5.32 Å². The maximum absolute atomic E-state index is 13.3. The first-order chi connectivity index (χ1) is 15.0. The summed E-state index contributed by atoms with van der Waals surface area (Å²) in [7, 11) is 0. The smallest absolute Gasteiger partial charge is 0.255 e. The fourth-order valence-electron chi connectivity index (χ4n) is 3.20. The average molecular weight is 433 g/mol. The molecule has 1 aromatic heterocycles. The maximum Gasteiger partial charge on any atom is 0.255 e. The molecule has 0 saturated carbocycles. The number of anilines is 1. The molecule has 0 bridgehead atoms. The summed E-state index contributed by atoms with van der Waals surface area (Å²) in [4.78, 5) is 12.4. The fraction of sp³-hybridized carbons (Fsp3) is 0.125. The van der Waals surface area contributed by atoms with Crippen molar-refractivity contribution in [1.82, 2.24) is 14.8 Å². The number of rotatable bonds is 6. The summed E-state index contributed by atoms with van der Waals surface area (Å²) in [5, 5.41) is 12.1. The monoisotopic (exact) mass is 432 g/mol. The van der Waals surface area contributed by atoms with Crippen LogP contribution in [-0.4, -0.2) is 20.7 Å². The van der Waals surface area contributed by atoms with E-state index in [1.54, 1.807) is 36.0 Å². The Bertz CT molecular complexity index is 1220. The van der Waals surface area contributed by atoms with Gasteiger partial charge in [-0.15, -0.1) is 10.2 Å². The van der Waals surface area contributed by atoms with Gasteiger partial charge in [0, 0.05) is 17.0 Å². The van der Waals surface area contributed by atoms with Crippen molar-refractivity contribution >= 4 is 23.4 Å². The molecule has 0 radical (unpaired) electrons. The van der Waals surface area contributed by atoms with Gasteiger partial charge >= 0.3 is 0 Å². The van der Waals surface area contributed by atoms with E-state index in [1.807, 2.05) is 31.2 Å². The molecule has 0 fully saturated rings. The number of amides is 1. The number of aryl methyl sites for hydroxylation is 2. The van der Waals surface area contributed by atoms with Crippen LogP contribution in [0.3, 0.4) is 0 Å². The minimum absolute atomic E-state index is 0.278. The van der Waals surface area contributed by atoms with Gasteiger partial charge in [0.2, 0.25) is 0 Å². The van der Waals surface area contributed by atoms with Crippen LogP contribution in [0.5, 0.6) is 0 Å². The molecule has 1 heterocycles. The van der Waals surface area contributed by atoms with Crippen molar-refractivity contribution in [1.29, 1.82) is 0 Å². The highest BCUT2D eigenvalue weighted by Crippen LogP contribution is 2.26. The Kier molecular flexibility index (Phi) is 6.13. The summed E-state index contributed by atoms with van der Waals surface area (Å²) < 4.78 is 15.3. The van der Waals surface area contributed by atoms with Crippen LogP contribution in [0.15, 0.2) is 78.0 Å². The molecular weight excluding hydrogens is 411 g/mol. The number of hydrogen-bond donors (Lipinski definition) is 1. The highest BCUT2D eigenvalue weighted by Gasteiger charge is 2.13. The van der Waals surface area contributed by atoms with Gasteiger partial charge in [-0.1, -0.05) is 48.2 Å². The van der Waals surface area contributed by atoms with Gasteiger partial charge in [0.15, 0.2) is 5.16 Å². The van der Waals surface area contributed by atoms with E-state index >= 15 is 0 Å². The zero-order valence-corrected chi connectivity index (χ0v) is 18.0. The number of aromatic nitrogens is 3. The largest absolute Gasteiger partial charge is 0.322 e. The zero-order valence-electron chi connectivity index (χ0n) is 17.2. The Morgan fingerprint density at radius 2 is 1.77 bits per heavy atom. The van der Waals surface area contributed by atoms with Crippen LogP contribution in [0.1, 0.15) is 27.3 Å². The molecular formula is C24H21FN4OS. The van der Waals surface area contributed by atoms with Gasteiger partial charge in [-0.25, -0.2) is 4.39 Å². The van der Waals surface area contributed by atoms with Gasteiger partial charge in [-0.3, -0.25) is 9.36 Å². The number of para-hydroxylation sites is 1. The third-order valence-electron chi connectivity index (χ3n) is 4.82. The lowest BCUT2D eigenvalue weighted by molar-refractivity contribution is 0.102. The van der Waals surface area contributed by atoms with Crippen molar-refractivity contribution in [3.05, 3.63) is 101 Å². The molecule has 0 atom stereocenters. The Balaban J connectivity index is 1.44. The van der Waals surface area contributed by atoms with E-state index in [-0.39, 0.29) is 11.7 Å². The number of nitrogens with one attached hydrogen (secondary N) is 1. The van der Waals surface area contributed by atoms with E-state index < -0.39 is 0 Å². The van der Waals surface area contributed by atoms with Crippen LogP contribution in [0.4, 0.5) is 10.1 Å². The highest BCUT2D eigenvalue weighted by atomic mass is 32.2. The van der Waals surface area contributed by atoms with E-state index in [9.17, 15) is 9.18 Å². The lowest BCUT2D eigenvalue weighted by Crippen LogP contribution is -2.11. The molecule has 31 heavy (non-hydrogen) atoms. The minimum atomic E-state index is -0.390. The Morgan fingerprint density at radius 1 is 1.00 bits per heavy atom. The van der Waals surface area contributed by atoms with Crippen molar-refractivity contribution in [2.45, 2.75) is 24.8 Å². The number of carbonyl (C=O) groups excluding carboxylic acids is 1. The molecule has 156 valence electrons. The Morgan fingerprint density at radius 3 is 2.52 bits per heavy atom. The molecule has 4 rings (SSSR count). The van der Waals surface area contributed by atoms with E-state index in [0.29, 0.717) is 17.0 Å². The molecule has 1 N–H and O–H groups in total. The molecule has 0 aliphatic carbocycles. The SMILES string of the molecule is Cc1ccccc1-n1c(C)nnc1SCc1ccc(C(=O)Nc2cccc(F)c2)cc1. The second-order valence-corrected chi connectivity index (χ2v) is 8.04. The molecule has 5 nitrogen and oxygen atoms in total. The molecule has 0 unspecified atom stereocenters. The van der Waals surface area contributed by atoms with Crippen LogP contribution in [0.2, 0.25) is 0 Å². The lowest BCUT2D eigenvalue weighted by Gasteiger charge is -2.11. The third kappa shape index (κ3) is 4.83. The van der Waals surface area contributed by atoms with Crippen LogP contribution >= 0.6 is 11.8 Å². The van der Waals surface area contributed by atoms with Gasteiger partial charge in [0.25, 0.3) is 5.91 Å². The molecule has 0 aliphatic rings. The molecule has 1 amide bonds. The van der Waals surface area contributed by atoms with Crippen molar-refractivity contribution in [2.24, 2.45) is 0 Å². The van der Waals surface area contributed by atoms with Crippen LogP contribution in [-0.2, 0) is 5.75 Å². The van der Waals surface area contributed by atoms with Crippen molar-refractivity contribution in [3.8, 4) is 5.69 Å². The van der Waals surface area contributed by atoms with Gasteiger partial charge in [-0.2, -0.15) is 0 Å². The normalized spacial score (nSPS) is 10.8. The van der Waals surface area contributed by atoms with Crippen LogP contribution in [0, 0.1) is 19.7 Å².